The molecule has 1 aromatic heterocycles. The van der Waals surface area contributed by atoms with Crippen LogP contribution in [0.25, 0.3) is 11.3 Å². The van der Waals surface area contributed by atoms with E-state index in [2.05, 4.69) is 20.4 Å². The fourth-order valence-electron chi connectivity index (χ4n) is 3.73. The van der Waals surface area contributed by atoms with E-state index in [0.29, 0.717) is 11.4 Å². The molecule has 1 aliphatic rings. The minimum Gasteiger partial charge on any atom is -0.355 e. The van der Waals surface area contributed by atoms with Gasteiger partial charge in [-0.1, -0.05) is 37.1 Å². The zero-order valence-electron chi connectivity index (χ0n) is 17.0. The van der Waals surface area contributed by atoms with Crippen LogP contribution in [0.5, 0.6) is 0 Å². The number of nitrogens with one attached hydrogen (secondary N) is 1. The van der Waals surface area contributed by atoms with Crippen LogP contribution in [-0.2, 0) is 0 Å². The van der Waals surface area contributed by atoms with Gasteiger partial charge in [0.15, 0.2) is 5.82 Å². The number of amides is 1. The molecule has 0 aliphatic carbocycles. The quantitative estimate of drug-likeness (QED) is 0.478. The fraction of sp³-hybridized carbons (Fsp3) is 0.261. The largest absolute Gasteiger partial charge is 0.355 e. The smallest absolute Gasteiger partial charge is 0.282 e. The Morgan fingerprint density at radius 2 is 1.71 bits per heavy atom. The molecule has 4 rings (SSSR count). The van der Waals surface area contributed by atoms with Gasteiger partial charge in [-0.05, 0) is 43.2 Å². The molecule has 158 valence electrons. The standard InChI is InChI=1S/C23H23N5O3/c29-23(19-10-3-4-11-21(19)28(30)31)24-18-9-7-8-17(16-18)20-12-13-22(26-25-20)27-14-5-1-2-6-15-27/h3-4,7-13,16H,1-2,5-6,14-15H2,(H,24,29). The highest BCUT2D eigenvalue weighted by Gasteiger charge is 2.19. The average Bonchev–Trinajstić information content (AvgIpc) is 3.09. The molecule has 3 aromatic rings. The van der Waals surface area contributed by atoms with Crippen LogP contribution in [0, 0.1) is 10.1 Å². The maximum atomic E-state index is 12.6. The van der Waals surface area contributed by atoms with Crippen molar-refractivity contribution in [3.8, 4) is 11.3 Å². The Hall–Kier alpha value is -3.81. The van der Waals surface area contributed by atoms with E-state index in [1.165, 1.54) is 43.9 Å². The van der Waals surface area contributed by atoms with Crippen LogP contribution in [0.4, 0.5) is 17.2 Å². The molecule has 1 aliphatic heterocycles. The van der Waals surface area contributed by atoms with Crippen molar-refractivity contribution in [3.63, 3.8) is 0 Å². The number of carbonyl (C=O) groups excluding carboxylic acids is 1. The third-order valence-electron chi connectivity index (χ3n) is 5.34. The van der Waals surface area contributed by atoms with Gasteiger partial charge in [-0.2, -0.15) is 0 Å². The number of hydrogen-bond acceptors (Lipinski definition) is 6. The van der Waals surface area contributed by atoms with Crippen LogP contribution in [0.2, 0.25) is 0 Å². The molecule has 1 amide bonds. The van der Waals surface area contributed by atoms with E-state index in [1.807, 2.05) is 18.2 Å². The van der Waals surface area contributed by atoms with E-state index >= 15 is 0 Å². The number of anilines is 2. The second-order valence-electron chi connectivity index (χ2n) is 7.49. The molecule has 0 saturated carbocycles. The number of carbonyl (C=O) groups is 1. The van der Waals surface area contributed by atoms with Gasteiger partial charge >= 0.3 is 0 Å². The maximum absolute atomic E-state index is 12.6. The van der Waals surface area contributed by atoms with Gasteiger partial charge in [0.05, 0.1) is 10.6 Å². The minimum atomic E-state index is -0.563. The zero-order chi connectivity index (χ0) is 21.6. The molecular weight excluding hydrogens is 394 g/mol. The second-order valence-corrected chi connectivity index (χ2v) is 7.49. The van der Waals surface area contributed by atoms with Crippen LogP contribution in [0.15, 0.2) is 60.7 Å². The summed E-state index contributed by atoms with van der Waals surface area (Å²) in [5.41, 5.74) is 1.81. The average molecular weight is 417 g/mol. The normalized spacial score (nSPS) is 14.0. The van der Waals surface area contributed by atoms with Gasteiger partial charge in [0.25, 0.3) is 11.6 Å². The highest BCUT2D eigenvalue weighted by atomic mass is 16.6. The van der Waals surface area contributed by atoms with E-state index in [9.17, 15) is 14.9 Å². The predicted molar refractivity (Wildman–Crippen MR) is 119 cm³/mol. The van der Waals surface area contributed by atoms with Crippen molar-refractivity contribution in [3.05, 3.63) is 76.3 Å². The third kappa shape index (κ3) is 4.85. The number of nitrogens with zero attached hydrogens (tertiary/aromatic N) is 4. The van der Waals surface area contributed by atoms with E-state index in [1.54, 1.807) is 24.3 Å². The number of hydrogen-bond donors (Lipinski definition) is 1. The van der Waals surface area contributed by atoms with Crippen LogP contribution in [0.1, 0.15) is 36.0 Å². The summed E-state index contributed by atoms with van der Waals surface area (Å²) in [5, 5.41) is 22.7. The number of nitro benzene ring substituents is 1. The summed E-state index contributed by atoms with van der Waals surface area (Å²) < 4.78 is 0. The minimum absolute atomic E-state index is 0.0134. The number of benzene rings is 2. The summed E-state index contributed by atoms with van der Waals surface area (Å²) in [6.07, 6.45) is 4.86. The molecule has 2 aromatic carbocycles. The lowest BCUT2D eigenvalue weighted by Crippen LogP contribution is -2.25. The first kappa shape index (κ1) is 20.5. The van der Waals surface area contributed by atoms with Gasteiger partial charge in [0.2, 0.25) is 0 Å². The van der Waals surface area contributed by atoms with Crippen LogP contribution in [0.3, 0.4) is 0 Å². The number of aromatic nitrogens is 2. The molecule has 0 spiro atoms. The zero-order valence-corrected chi connectivity index (χ0v) is 17.0. The summed E-state index contributed by atoms with van der Waals surface area (Å²) in [5.74, 6) is 0.346. The lowest BCUT2D eigenvalue weighted by Gasteiger charge is -2.20. The Bertz CT molecular complexity index is 1080. The maximum Gasteiger partial charge on any atom is 0.282 e. The molecule has 0 bridgehead atoms. The Kier molecular flexibility index (Phi) is 6.16. The Balaban J connectivity index is 1.51. The summed E-state index contributed by atoms with van der Waals surface area (Å²) in [6.45, 7) is 2.00. The van der Waals surface area contributed by atoms with Gasteiger partial charge in [0.1, 0.15) is 5.56 Å². The topological polar surface area (TPSA) is 101 Å². The second kappa shape index (κ2) is 9.34. The molecule has 1 N–H and O–H groups in total. The van der Waals surface area contributed by atoms with E-state index < -0.39 is 10.8 Å². The molecule has 0 radical (unpaired) electrons. The summed E-state index contributed by atoms with van der Waals surface area (Å²) in [6, 6.07) is 17.0. The lowest BCUT2D eigenvalue weighted by molar-refractivity contribution is -0.385. The highest BCUT2D eigenvalue weighted by molar-refractivity contribution is 6.07. The molecular formula is C23H23N5O3. The number of rotatable bonds is 5. The van der Waals surface area contributed by atoms with Gasteiger partial charge in [-0.15, -0.1) is 10.2 Å². The summed E-state index contributed by atoms with van der Waals surface area (Å²) in [4.78, 5) is 25.5. The molecule has 8 heteroatoms. The predicted octanol–water partition coefficient (Wildman–Crippen LogP) is 4.68. The van der Waals surface area contributed by atoms with Gasteiger partial charge in [-0.3, -0.25) is 14.9 Å². The van der Waals surface area contributed by atoms with Crippen molar-refractivity contribution in [1.82, 2.24) is 10.2 Å². The first-order valence-corrected chi connectivity index (χ1v) is 10.4. The molecule has 31 heavy (non-hydrogen) atoms. The molecule has 8 nitrogen and oxygen atoms in total. The molecule has 2 heterocycles. The fourth-order valence-corrected chi connectivity index (χ4v) is 3.73. The van der Waals surface area contributed by atoms with Crippen molar-refractivity contribution >= 4 is 23.1 Å². The van der Waals surface area contributed by atoms with Crippen molar-refractivity contribution in [1.29, 1.82) is 0 Å². The number of para-hydroxylation sites is 1. The molecule has 0 unspecified atom stereocenters. The van der Waals surface area contributed by atoms with E-state index in [0.717, 1.165) is 24.5 Å². The van der Waals surface area contributed by atoms with Crippen molar-refractivity contribution in [2.24, 2.45) is 0 Å². The molecule has 1 fully saturated rings. The summed E-state index contributed by atoms with van der Waals surface area (Å²) in [7, 11) is 0. The van der Waals surface area contributed by atoms with Gasteiger partial charge in [-0.25, -0.2) is 0 Å². The first-order valence-electron chi connectivity index (χ1n) is 10.4. The monoisotopic (exact) mass is 417 g/mol. The molecule has 0 atom stereocenters. The first-order chi connectivity index (χ1) is 15.1. The van der Waals surface area contributed by atoms with Crippen molar-refractivity contribution in [2.75, 3.05) is 23.3 Å². The Morgan fingerprint density at radius 3 is 2.42 bits per heavy atom. The van der Waals surface area contributed by atoms with Crippen molar-refractivity contribution < 1.29 is 9.72 Å². The SMILES string of the molecule is O=C(Nc1cccc(-c2ccc(N3CCCCCC3)nn2)c1)c1ccccc1[N+](=O)[O-]. The van der Waals surface area contributed by atoms with Gasteiger partial charge in [0, 0.05) is 30.4 Å². The molecule has 1 saturated heterocycles. The third-order valence-corrected chi connectivity index (χ3v) is 5.34. The lowest BCUT2D eigenvalue weighted by atomic mass is 10.1. The highest BCUT2D eigenvalue weighted by Crippen LogP contribution is 2.24. The Morgan fingerprint density at radius 1 is 0.935 bits per heavy atom. The van der Waals surface area contributed by atoms with Gasteiger partial charge < -0.3 is 10.2 Å². The Labute approximate surface area is 180 Å². The van der Waals surface area contributed by atoms with Crippen LogP contribution < -0.4 is 10.2 Å². The summed E-state index contributed by atoms with van der Waals surface area (Å²) >= 11 is 0. The van der Waals surface area contributed by atoms with Crippen molar-refractivity contribution in [2.45, 2.75) is 25.7 Å². The number of nitro groups is 1. The van der Waals surface area contributed by atoms with E-state index in [-0.39, 0.29) is 11.3 Å². The van der Waals surface area contributed by atoms with Crippen LogP contribution in [-0.4, -0.2) is 34.1 Å². The van der Waals surface area contributed by atoms with E-state index in [4.69, 9.17) is 0 Å². The van der Waals surface area contributed by atoms with Crippen LogP contribution >= 0.6 is 0 Å².